The van der Waals surface area contributed by atoms with Gasteiger partial charge in [-0.3, -0.25) is 10.1 Å². The maximum Gasteiger partial charge on any atom is 0.411 e. The van der Waals surface area contributed by atoms with Crippen LogP contribution >= 0.6 is 0 Å². The third-order valence-electron chi connectivity index (χ3n) is 7.10. The van der Waals surface area contributed by atoms with Gasteiger partial charge in [-0.25, -0.2) is 9.78 Å². The summed E-state index contributed by atoms with van der Waals surface area (Å²) in [6.07, 6.45) is 7.14. The van der Waals surface area contributed by atoms with Gasteiger partial charge in [0.05, 0.1) is 30.0 Å². The molecule has 0 unspecified atom stereocenters. The number of carbonyl (C=O) groups excluding carboxylic acids is 2. The Labute approximate surface area is 184 Å². The molecule has 0 bridgehead atoms. The van der Waals surface area contributed by atoms with E-state index in [0.717, 1.165) is 69.4 Å². The Kier molecular flexibility index (Phi) is 6.36. The van der Waals surface area contributed by atoms with Crippen molar-refractivity contribution < 1.29 is 19.4 Å². The third kappa shape index (κ3) is 4.49. The molecule has 3 heterocycles. The molecule has 0 radical (unpaired) electrons. The molecular weight excluding hydrogens is 396 g/mol. The lowest BCUT2D eigenvalue weighted by Crippen LogP contribution is -2.50. The molecule has 0 aromatic carbocycles. The molecule has 1 saturated carbocycles. The second-order valence-electron chi connectivity index (χ2n) is 9.23. The molecule has 1 aromatic rings. The van der Waals surface area contributed by atoms with E-state index in [2.05, 4.69) is 20.1 Å². The van der Waals surface area contributed by atoms with E-state index in [0.29, 0.717) is 18.8 Å². The first-order chi connectivity index (χ1) is 14.9. The lowest BCUT2D eigenvalue weighted by Gasteiger charge is -2.41. The van der Waals surface area contributed by atoms with E-state index in [-0.39, 0.29) is 23.5 Å². The van der Waals surface area contributed by atoms with Gasteiger partial charge in [0.2, 0.25) is 5.91 Å². The minimum absolute atomic E-state index is 0.205. The number of aliphatic hydroxyl groups is 1. The number of ether oxygens (including phenoxy) is 1. The van der Waals surface area contributed by atoms with Gasteiger partial charge >= 0.3 is 6.09 Å². The summed E-state index contributed by atoms with van der Waals surface area (Å²) in [7, 11) is 0. The molecule has 31 heavy (non-hydrogen) atoms. The summed E-state index contributed by atoms with van der Waals surface area (Å²) in [5.74, 6) is 1.16. The number of amides is 2. The van der Waals surface area contributed by atoms with Crippen LogP contribution < -0.4 is 10.2 Å². The molecule has 4 rings (SSSR count). The summed E-state index contributed by atoms with van der Waals surface area (Å²) in [5, 5.41) is 12.5. The van der Waals surface area contributed by atoms with Crippen LogP contribution in [0.5, 0.6) is 0 Å². The van der Waals surface area contributed by atoms with Crippen molar-refractivity contribution in [3.63, 3.8) is 0 Å². The quantitative estimate of drug-likeness (QED) is 0.762. The average Bonchev–Trinajstić information content (AvgIpc) is 3.04. The normalized spacial score (nSPS) is 28.8. The summed E-state index contributed by atoms with van der Waals surface area (Å²) in [4.78, 5) is 34.1. The smallest absolute Gasteiger partial charge is 0.411 e. The van der Waals surface area contributed by atoms with Crippen molar-refractivity contribution in [2.45, 2.75) is 70.9 Å². The third-order valence-corrected chi connectivity index (χ3v) is 7.10. The summed E-state index contributed by atoms with van der Waals surface area (Å²) in [6, 6.07) is 2.18. The second kappa shape index (κ2) is 9.02. The van der Waals surface area contributed by atoms with Crippen LogP contribution in [-0.4, -0.2) is 65.4 Å². The zero-order chi connectivity index (χ0) is 22.0. The number of nitrogens with one attached hydrogen (secondary N) is 1. The van der Waals surface area contributed by atoms with Crippen molar-refractivity contribution in [1.29, 1.82) is 0 Å². The van der Waals surface area contributed by atoms with E-state index in [1.54, 1.807) is 13.1 Å². The average molecular weight is 431 g/mol. The van der Waals surface area contributed by atoms with Crippen molar-refractivity contribution in [3.8, 4) is 0 Å². The second-order valence-corrected chi connectivity index (χ2v) is 9.23. The first kappa shape index (κ1) is 21.9. The number of anilines is 2. The lowest BCUT2D eigenvalue weighted by atomic mass is 9.78. The number of aromatic nitrogens is 1. The standard InChI is InChI=1S/C23H34N4O4/c1-3-31-22(30)25-17-13-16(2)20(24-14-17)26-11-4-9-23(15-26)10-12-27(21(23)29)18-5-7-19(28)8-6-18/h13-14,18-19,28H,3-12,15H2,1-2H3,(H,25,30)/t18-,19+,23-/m1/s1. The van der Waals surface area contributed by atoms with Gasteiger partial charge in [0.1, 0.15) is 5.82 Å². The number of hydrogen-bond acceptors (Lipinski definition) is 6. The predicted molar refractivity (Wildman–Crippen MR) is 118 cm³/mol. The number of nitrogens with zero attached hydrogens (tertiary/aromatic N) is 3. The fourth-order valence-electron chi connectivity index (χ4n) is 5.51. The van der Waals surface area contributed by atoms with Crippen molar-refractivity contribution in [1.82, 2.24) is 9.88 Å². The Morgan fingerprint density at radius 1 is 1.29 bits per heavy atom. The van der Waals surface area contributed by atoms with Crippen LogP contribution in [0.15, 0.2) is 12.3 Å². The topological polar surface area (TPSA) is 95.0 Å². The van der Waals surface area contributed by atoms with E-state index >= 15 is 0 Å². The van der Waals surface area contributed by atoms with Crippen LogP contribution in [0.2, 0.25) is 0 Å². The summed E-state index contributed by atoms with van der Waals surface area (Å²) in [5.41, 5.74) is 1.24. The van der Waals surface area contributed by atoms with Crippen LogP contribution in [-0.2, 0) is 9.53 Å². The number of aryl methyl sites for hydroxylation is 1. The molecule has 2 aliphatic heterocycles. The number of carbonyl (C=O) groups is 2. The van der Waals surface area contributed by atoms with Gasteiger partial charge in [0.25, 0.3) is 0 Å². The summed E-state index contributed by atoms with van der Waals surface area (Å²) < 4.78 is 4.93. The Bertz CT molecular complexity index is 824. The highest BCUT2D eigenvalue weighted by Gasteiger charge is 2.50. The highest BCUT2D eigenvalue weighted by Crippen LogP contribution is 2.43. The monoisotopic (exact) mass is 430 g/mol. The SMILES string of the molecule is CCOC(=O)Nc1cnc(N2CCC[C@@]3(CCN([C@H]4CC[C@@H](O)CC4)C3=O)C2)c(C)c1. The summed E-state index contributed by atoms with van der Waals surface area (Å²) in [6.45, 7) is 6.46. The van der Waals surface area contributed by atoms with E-state index in [1.165, 1.54) is 0 Å². The highest BCUT2D eigenvalue weighted by molar-refractivity contribution is 5.86. The summed E-state index contributed by atoms with van der Waals surface area (Å²) >= 11 is 0. The minimum Gasteiger partial charge on any atom is -0.450 e. The Morgan fingerprint density at radius 2 is 2.06 bits per heavy atom. The number of hydrogen-bond donors (Lipinski definition) is 2. The van der Waals surface area contributed by atoms with Crippen LogP contribution in [0, 0.1) is 12.3 Å². The highest BCUT2D eigenvalue weighted by atomic mass is 16.5. The van der Waals surface area contributed by atoms with Crippen molar-refractivity contribution in [2.24, 2.45) is 5.41 Å². The number of likely N-dealkylation sites (tertiary alicyclic amines) is 1. The molecule has 3 aliphatic rings. The number of pyridine rings is 1. The van der Waals surface area contributed by atoms with Gasteiger partial charge in [0, 0.05) is 25.7 Å². The zero-order valence-electron chi connectivity index (χ0n) is 18.6. The Balaban J connectivity index is 1.45. The number of piperidine rings is 1. The van der Waals surface area contributed by atoms with Gasteiger partial charge in [-0.15, -0.1) is 0 Å². The predicted octanol–water partition coefficient (Wildman–Crippen LogP) is 3.08. The number of rotatable bonds is 4. The first-order valence-corrected chi connectivity index (χ1v) is 11.6. The minimum atomic E-state index is -0.486. The van der Waals surface area contributed by atoms with E-state index < -0.39 is 6.09 Å². The molecular formula is C23H34N4O4. The van der Waals surface area contributed by atoms with E-state index in [1.807, 2.05) is 13.0 Å². The van der Waals surface area contributed by atoms with Crippen molar-refractivity contribution in [2.75, 3.05) is 36.5 Å². The number of aliphatic hydroxyl groups excluding tert-OH is 1. The van der Waals surface area contributed by atoms with Gasteiger partial charge in [-0.05, 0) is 70.4 Å². The fraction of sp³-hybridized carbons (Fsp3) is 0.696. The van der Waals surface area contributed by atoms with E-state index in [9.17, 15) is 14.7 Å². The maximum absolute atomic E-state index is 13.5. The Morgan fingerprint density at radius 3 is 2.77 bits per heavy atom. The molecule has 1 aliphatic carbocycles. The molecule has 1 aromatic heterocycles. The Hall–Kier alpha value is -2.35. The van der Waals surface area contributed by atoms with Crippen LogP contribution in [0.25, 0.3) is 0 Å². The molecule has 170 valence electrons. The van der Waals surface area contributed by atoms with Crippen LogP contribution in [0.1, 0.15) is 57.4 Å². The van der Waals surface area contributed by atoms with Crippen molar-refractivity contribution >= 4 is 23.5 Å². The largest absolute Gasteiger partial charge is 0.450 e. The van der Waals surface area contributed by atoms with Crippen LogP contribution in [0.3, 0.4) is 0 Å². The molecule has 1 spiro atoms. The molecule has 8 nitrogen and oxygen atoms in total. The van der Waals surface area contributed by atoms with Crippen LogP contribution in [0.4, 0.5) is 16.3 Å². The van der Waals surface area contributed by atoms with Gasteiger partial charge in [-0.2, -0.15) is 0 Å². The first-order valence-electron chi connectivity index (χ1n) is 11.6. The fourth-order valence-corrected chi connectivity index (χ4v) is 5.51. The molecule has 2 amide bonds. The lowest BCUT2D eigenvalue weighted by molar-refractivity contribution is -0.139. The van der Waals surface area contributed by atoms with E-state index in [4.69, 9.17) is 4.74 Å². The maximum atomic E-state index is 13.5. The molecule has 3 fully saturated rings. The van der Waals surface area contributed by atoms with Gasteiger partial charge in [-0.1, -0.05) is 0 Å². The van der Waals surface area contributed by atoms with Crippen molar-refractivity contribution in [3.05, 3.63) is 17.8 Å². The zero-order valence-corrected chi connectivity index (χ0v) is 18.6. The molecule has 8 heteroatoms. The molecule has 2 N–H and O–H groups in total. The van der Waals surface area contributed by atoms with Gasteiger partial charge < -0.3 is 19.6 Å². The van der Waals surface area contributed by atoms with Gasteiger partial charge in [0.15, 0.2) is 0 Å². The molecule has 1 atom stereocenters. The molecule has 2 saturated heterocycles.